The number of carbonyl (C=O) groups excluding carboxylic acids is 1. The van der Waals surface area contributed by atoms with Crippen molar-refractivity contribution < 1.29 is 14.7 Å². The monoisotopic (exact) mass is 509 g/mol. The molecule has 1 aliphatic carbocycles. The van der Waals surface area contributed by atoms with E-state index >= 15 is 0 Å². The van der Waals surface area contributed by atoms with Gasteiger partial charge in [0.1, 0.15) is 0 Å². The van der Waals surface area contributed by atoms with E-state index in [1.54, 1.807) is 42.7 Å². The fraction of sp³-hybridized carbons (Fsp3) is 0.259. The van der Waals surface area contributed by atoms with Crippen LogP contribution in [0.2, 0.25) is 10.0 Å². The van der Waals surface area contributed by atoms with Crippen molar-refractivity contribution >= 4 is 52.7 Å². The van der Waals surface area contributed by atoms with Crippen LogP contribution in [0.25, 0.3) is 6.08 Å². The van der Waals surface area contributed by atoms with Crippen LogP contribution in [0, 0.1) is 11.8 Å². The zero-order valence-corrected chi connectivity index (χ0v) is 20.5. The Morgan fingerprint density at radius 2 is 1.69 bits per heavy atom. The molecule has 1 N–H and O–H groups in total. The predicted octanol–water partition coefficient (Wildman–Crippen LogP) is 6.71. The second-order valence-corrected chi connectivity index (χ2v) is 9.41. The molecule has 8 heteroatoms. The van der Waals surface area contributed by atoms with E-state index in [1.807, 2.05) is 30.3 Å². The molecule has 180 valence electrons. The Balaban J connectivity index is 1.41. The largest absolute Gasteiger partial charge is 0.481 e. The standard InChI is InChI=1S/C27H25Cl2N3O3/c28-22-6-2-7-23(29)25(22)24(33)16-20(26(34)35)5-1-4-18-10-12-21(13-11-18)32(17-19-8-9-19)27-30-14-3-15-31-27/h1-4,6-7,10-15,19-20H,5,8-9,16-17H2,(H,34,35)/b4-1+. The summed E-state index contributed by atoms with van der Waals surface area (Å²) in [6.07, 6.45) is 9.58. The Morgan fingerprint density at radius 1 is 1.03 bits per heavy atom. The number of hydrogen-bond donors (Lipinski definition) is 1. The highest BCUT2D eigenvalue weighted by molar-refractivity contribution is 6.39. The highest BCUT2D eigenvalue weighted by Gasteiger charge is 2.26. The number of benzene rings is 2. The maximum Gasteiger partial charge on any atom is 0.307 e. The van der Waals surface area contributed by atoms with E-state index in [0.29, 0.717) is 11.9 Å². The number of aromatic nitrogens is 2. The van der Waals surface area contributed by atoms with Crippen molar-refractivity contribution in [2.24, 2.45) is 11.8 Å². The van der Waals surface area contributed by atoms with E-state index in [9.17, 15) is 14.7 Å². The maximum atomic E-state index is 12.7. The number of hydrogen-bond acceptors (Lipinski definition) is 5. The first-order valence-corrected chi connectivity index (χ1v) is 12.2. The third-order valence-corrected chi connectivity index (χ3v) is 6.52. The molecule has 0 saturated heterocycles. The predicted molar refractivity (Wildman–Crippen MR) is 138 cm³/mol. The van der Waals surface area contributed by atoms with Crippen LogP contribution in [0.3, 0.4) is 0 Å². The van der Waals surface area contributed by atoms with Crippen molar-refractivity contribution in [3.05, 3.63) is 88.2 Å². The molecule has 1 atom stereocenters. The molecule has 1 heterocycles. The number of halogens is 2. The van der Waals surface area contributed by atoms with Gasteiger partial charge in [0.25, 0.3) is 0 Å². The summed E-state index contributed by atoms with van der Waals surface area (Å²) in [6.45, 7) is 0.878. The topological polar surface area (TPSA) is 83.4 Å². The Bertz CT molecular complexity index is 1190. The number of nitrogens with zero attached hydrogens (tertiary/aromatic N) is 3. The molecular formula is C27H25Cl2N3O3. The van der Waals surface area contributed by atoms with Crippen LogP contribution in [0.5, 0.6) is 0 Å². The van der Waals surface area contributed by atoms with Gasteiger partial charge in [-0.15, -0.1) is 0 Å². The molecule has 6 nitrogen and oxygen atoms in total. The van der Waals surface area contributed by atoms with Crippen molar-refractivity contribution in [3.63, 3.8) is 0 Å². The minimum atomic E-state index is -1.04. The average molecular weight is 510 g/mol. The summed E-state index contributed by atoms with van der Waals surface area (Å²) in [7, 11) is 0. The van der Waals surface area contributed by atoms with Crippen LogP contribution in [-0.4, -0.2) is 33.4 Å². The molecule has 0 aliphatic heterocycles. The smallest absolute Gasteiger partial charge is 0.307 e. The lowest BCUT2D eigenvalue weighted by molar-refractivity contribution is -0.141. The Kier molecular flexibility index (Phi) is 8.16. The van der Waals surface area contributed by atoms with Crippen LogP contribution in [-0.2, 0) is 4.79 Å². The van der Waals surface area contributed by atoms with Gasteiger partial charge in [-0.2, -0.15) is 0 Å². The molecule has 1 unspecified atom stereocenters. The second-order valence-electron chi connectivity index (χ2n) is 8.59. The number of anilines is 2. The summed E-state index contributed by atoms with van der Waals surface area (Å²) in [4.78, 5) is 35.3. The zero-order valence-electron chi connectivity index (χ0n) is 19.0. The van der Waals surface area contributed by atoms with Gasteiger partial charge in [-0.1, -0.05) is 53.6 Å². The van der Waals surface area contributed by atoms with E-state index in [-0.39, 0.29) is 34.2 Å². The number of Topliss-reactive ketones (excluding diaryl/α,β-unsaturated/α-hetero) is 1. The first kappa shape index (κ1) is 24.9. The molecular weight excluding hydrogens is 485 g/mol. The number of allylic oxidation sites excluding steroid dienone is 1. The Labute approximate surface area is 214 Å². The van der Waals surface area contributed by atoms with Crippen molar-refractivity contribution in [2.45, 2.75) is 25.7 Å². The minimum Gasteiger partial charge on any atom is -0.481 e. The molecule has 4 rings (SSSR count). The molecule has 1 aromatic heterocycles. The van der Waals surface area contributed by atoms with Crippen LogP contribution >= 0.6 is 23.2 Å². The van der Waals surface area contributed by atoms with Gasteiger partial charge in [-0.25, -0.2) is 9.97 Å². The van der Waals surface area contributed by atoms with Crippen LogP contribution < -0.4 is 4.90 Å². The average Bonchev–Trinajstić information content (AvgIpc) is 3.67. The fourth-order valence-electron chi connectivity index (χ4n) is 3.79. The Morgan fingerprint density at radius 3 is 2.29 bits per heavy atom. The quantitative estimate of drug-likeness (QED) is 0.289. The number of carboxylic acids is 1. The van der Waals surface area contributed by atoms with Crippen molar-refractivity contribution in [1.29, 1.82) is 0 Å². The van der Waals surface area contributed by atoms with Crippen molar-refractivity contribution in [3.8, 4) is 0 Å². The number of carbonyl (C=O) groups is 2. The molecule has 3 aromatic rings. The van der Waals surface area contributed by atoms with E-state index < -0.39 is 11.9 Å². The molecule has 35 heavy (non-hydrogen) atoms. The van der Waals surface area contributed by atoms with Gasteiger partial charge < -0.3 is 10.0 Å². The third kappa shape index (κ3) is 6.68. The molecule has 0 bridgehead atoms. The summed E-state index contributed by atoms with van der Waals surface area (Å²) in [5.74, 6) is -0.968. The lowest BCUT2D eigenvalue weighted by Gasteiger charge is -2.22. The summed E-state index contributed by atoms with van der Waals surface area (Å²) < 4.78 is 0. The summed E-state index contributed by atoms with van der Waals surface area (Å²) in [6, 6.07) is 14.5. The van der Waals surface area contributed by atoms with E-state index in [4.69, 9.17) is 23.2 Å². The van der Waals surface area contributed by atoms with Gasteiger partial charge in [-0.3, -0.25) is 9.59 Å². The van der Waals surface area contributed by atoms with Gasteiger partial charge in [0.05, 0.1) is 21.5 Å². The van der Waals surface area contributed by atoms with Crippen LogP contribution in [0.1, 0.15) is 41.6 Å². The SMILES string of the molecule is O=C(CC(C/C=C/c1ccc(N(CC2CC2)c2ncccn2)cc1)C(=O)O)c1c(Cl)cccc1Cl. The van der Waals surface area contributed by atoms with Gasteiger partial charge in [0, 0.05) is 31.0 Å². The maximum absolute atomic E-state index is 12.7. The van der Waals surface area contributed by atoms with Crippen molar-refractivity contribution in [2.75, 3.05) is 11.4 Å². The lowest BCUT2D eigenvalue weighted by Crippen LogP contribution is -2.21. The second kappa shape index (κ2) is 11.5. The van der Waals surface area contributed by atoms with Crippen LogP contribution in [0.15, 0.2) is 67.0 Å². The Hall–Kier alpha value is -3.22. The fourth-order valence-corrected chi connectivity index (χ4v) is 4.40. The van der Waals surface area contributed by atoms with E-state index in [2.05, 4.69) is 14.9 Å². The first-order chi connectivity index (χ1) is 16.9. The lowest BCUT2D eigenvalue weighted by atomic mass is 9.95. The number of rotatable bonds is 11. The molecule has 1 fully saturated rings. The number of aliphatic carboxylic acids is 1. The molecule has 0 amide bonds. The van der Waals surface area contributed by atoms with Gasteiger partial charge in [-0.05, 0) is 61.1 Å². The number of ketones is 1. The van der Waals surface area contributed by atoms with Gasteiger partial charge >= 0.3 is 5.97 Å². The van der Waals surface area contributed by atoms with Gasteiger partial charge in [0.2, 0.25) is 5.95 Å². The number of carboxylic acid groups (broad SMARTS) is 1. The van der Waals surface area contributed by atoms with E-state index in [0.717, 1.165) is 17.8 Å². The minimum absolute atomic E-state index is 0.166. The zero-order chi connectivity index (χ0) is 24.8. The highest BCUT2D eigenvalue weighted by atomic mass is 35.5. The molecule has 0 spiro atoms. The molecule has 1 saturated carbocycles. The summed E-state index contributed by atoms with van der Waals surface area (Å²) in [5, 5.41) is 10.1. The summed E-state index contributed by atoms with van der Waals surface area (Å²) in [5.41, 5.74) is 2.10. The van der Waals surface area contributed by atoms with Gasteiger partial charge in [0.15, 0.2) is 5.78 Å². The summed E-state index contributed by atoms with van der Waals surface area (Å²) >= 11 is 12.2. The van der Waals surface area contributed by atoms with E-state index in [1.165, 1.54) is 12.8 Å². The third-order valence-electron chi connectivity index (χ3n) is 5.89. The molecule has 2 aromatic carbocycles. The normalized spacial score (nSPS) is 14.1. The van der Waals surface area contributed by atoms with Crippen molar-refractivity contribution in [1.82, 2.24) is 9.97 Å². The molecule has 0 radical (unpaired) electrons. The highest BCUT2D eigenvalue weighted by Crippen LogP contribution is 2.34. The van der Waals surface area contributed by atoms with Crippen LogP contribution in [0.4, 0.5) is 11.6 Å². The molecule has 1 aliphatic rings. The first-order valence-electron chi connectivity index (χ1n) is 11.4.